The van der Waals surface area contributed by atoms with Crippen LogP contribution < -0.4 is 0 Å². The van der Waals surface area contributed by atoms with E-state index in [-0.39, 0.29) is 30.8 Å². The van der Waals surface area contributed by atoms with E-state index in [1.54, 1.807) is 18.5 Å². The third-order valence-corrected chi connectivity index (χ3v) is 4.14. The molecule has 0 bridgehead atoms. The number of ketones is 1. The molecule has 0 fully saturated rings. The van der Waals surface area contributed by atoms with Gasteiger partial charge in [-0.3, -0.25) is 9.78 Å². The summed E-state index contributed by atoms with van der Waals surface area (Å²) in [5.41, 5.74) is 3.41. The van der Waals surface area contributed by atoms with E-state index in [1.165, 1.54) is 6.07 Å². The Hall–Kier alpha value is -2.92. The van der Waals surface area contributed by atoms with Crippen LogP contribution in [0.5, 0.6) is 0 Å². The smallest absolute Gasteiger partial charge is 0.141 e. The normalized spacial score (nSPS) is 10.7. The number of hydrogen-bond donors (Lipinski definition) is 1. The number of rotatable bonds is 6. The third-order valence-electron chi connectivity index (χ3n) is 4.14. The first-order chi connectivity index (χ1) is 12.6. The Labute approximate surface area is 150 Å². The monoisotopic (exact) mass is 353 g/mol. The lowest BCUT2D eigenvalue weighted by Crippen LogP contribution is -2.08. The SMILES string of the molecule is O=C(Cc1ccc(-c2ccncc2)c(CO)c1)Cc1ccc(F)cc1F. The molecule has 0 aliphatic carbocycles. The van der Waals surface area contributed by atoms with Crippen LogP contribution in [0.1, 0.15) is 16.7 Å². The molecule has 0 unspecified atom stereocenters. The maximum Gasteiger partial charge on any atom is 0.141 e. The molecule has 3 aromatic rings. The summed E-state index contributed by atoms with van der Waals surface area (Å²) < 4.78 is 26.6. The lowest BCUT2D eigenvalue weighted by atomic mass is 9.95. The molecule has 0 aliphatic rings. The molecule has 1 N–H and O–H groups in total. The zero-order valence-corrected chi connectivity index (χ0v) is 14.0. The standard InChI is InChI=1S/C21H17F2NO2/c22-18-3-2-16(21(23)12-18)11-19(26)10-14-1-4-20(17(9-14)13-25)15-5-7-24-8-6-15/h1-9,12,25H,10-11,13H2. The van der Waals surface area contributed by atoms with Crippen LogP contribution in [0.2, 0.25) is 0 Å². The number of carbonyl (C=O) groups excluding carboxylic acids is 1. The van der Waals surface area contributed by atoms with E-state index in [2.05, 4.69) is 4.98 Å². The summed E-state index contributed by atoms with van der Waals surface area (Å²) in [6.45, 7) is -0.160. The van der Waals surface area contributed by atoms with Crippen molar-refractivity contribution in [3.05, 3.63) is 89.2 Å². The molecule has 0 saturated carbocycles. The van der Waals surface area contributed by atoms with Gasteiger partial charge in [0.2, 0.25) is 0 Å². The molecule has 3 rings (SSSR count). The maximum atomic E-state index is 13.7. The van der Waals surface area contributed by atoms with Crippen molar-refractivity contribution >= 4 is 5.78 Å². The van der Waals surface area contributed by atoms with E-state index in [4.69, 9.17) is 0 Å². The lowest BCUT2D eigenvalue weighted by Gasteiger charge is -2.10. The quantitative estimate of drug-likeness (QED) is 0.732. The molecule has 132 valence electrons. The van der Waals surface area contributed by atoms with E-state index in [1.807, 2.05) is 24.3 Å². The minimum Gasteiger partial charge on any atom is -0.392 e. The van der Waals surface area contributed by atoms with Crippen LogP contribution in [0.3, 0.4) is 0 Å². The topological polar surface area (TPSA) is 50.2 Å². The zero-order chi connectivity index (χ0) is 18.5. The minimum absolute atomic E-state index is 0.104. The summed E-state index contributed by atoms with van der Waals surface area (Å²) in [5, 5.41) is 9.65. The van der Waals surface area contributed by atoms with Gasteiger partial charge >= 0.3 is 0 Å². The Morgan fingerprint density at radius 1 is 0.923 bits per heavy atom. The largest absolute Gasteiger partial charge is 0.392 e. The van der Waals surface area contributed by atoms with Gasteiger partial charge in [0.15, 0.2) is 0 Å². The van der Waals surface area contributed by atoms with Gasteiger partial charge in [0.1, 0.15) is 17.4 Å². The van der Waals surface area contributed by atoms with Crippen LogP contribution in [0.15, 0.2) is 60.9 Å². The zero-order valence-electron chi connectivity index (χ0n) is 14.0. The van der Waals surface area contributed by atoms with Gasteiger partial charge < -0.3 is 5.11 Å². The second-order valence-electron chi connectivity index (χ2n) is 6.01. The number of Topliss-reactive ketones (excluding diaryl/α,β-unsaturated/α-hetero) is 1. The average molecular weight is 353 g/mol. The van der Waals surface area contributed by atoms with Crippen molar-refractivity contribution in [2.75, 3.05) is 0 Å². The van der Waals surface area contributed by atoms with Gasteiger partial charge in [0, 0.05) is 31.3 Å². The average Bonchev–Trinajstić information content (AvgIpc) is 2.64. The minimum atomic E-state index is -0.720. The van der Waals surface area contributed by atoms with Crippen molar-refractivity contribution < 1.29 is 18.7 Å². The predicted octanol–water partition coefficient (Wildman–Crippen LogP) is 3.87. The highest BCUT2D eigenvalue weighted by Crippen LogP contribution is 2.25. The van der Waals surface area contributed by atoms with Gasteiger partial charge in [-0.25, -0.2) is 8.78 Å². The molecule has 5 heteroatoms. The first-order valence-corrected chi connectivity index (χ1v) is 8.15. The van der Waals surface area contributed by atoms with E-state index in [0.717, 1.165) is 28.8 Å². The molecule has 26 heavy (non-hydrogen) atoms. The Morgan fingerprint density at radius 3 is 2.38 bits per heavy atom. The van der Waals surface area contributed by atoms with E-state index in [9.17, 15) is 18.7 Å². The number of halogens is 2. The molecular weight excluding hydrogens is 336 g/mol. The first kappa shape index (κ1) is 17.9. The number of nitrogens with zero attached hydrogens (tertiary/aromatic N) is 1. The van der Waals surface area contributed by atoms with E-state index < -0.39 is 11.6 Å². The van der Waals surface area contributed by atoms with Gasteiger partial charge in [0.05, 0.1) is 6.61 Å². The number of aliphatic hydroxyl groups is 1. The molecule has 0 spiro atoms. The number of hydrogen-bond acceptors (Lipinski definition) is 3. The number of aliphatic hydroxyl groups excluding tert-OH is 1. The number of benzene rings is 2. The molecule has 0 radical (unpaired) electrons. The number of pyridine rings is 1. The van der Waals surface area contributed by atoms with E-state index in [0.29, 0.717) is 5.56 Å². The van der Waals surface area contributed by atoms with Crippen molar-refractivity contribution in [2.45, 2.75) is 19.4 Å². The summed E-state index contributed by atoms with van der Waals surface area (Å²) in [4.78, 5) is 16.2. The second-order valence-corrected chi connectivity index (χ2v) is 6.01. The third kappa shape index (κ3) is 4.18. The van der Waals surface area contributed by atoms with Crippen LogP contribution in [-0.2, 0) is 24.2 Å². The van der Waals surface area contributed by atoms with Crippen LogP contribution in [0.25, 0.3) is 11.1 Å². The van der Waals surface area contributed by atoms with Gasteiger partial charge in [-0.05, 0) is 46.0 Å². The molecule has 0 saturated heterocycles. The fraction of sp³-hybridized carbons (Fsp3) is 0.143. The molecule has 1 heterocycles. The maximum absolute atomic E-state index is 13.7. The van der Waals surface area contributed by atoms with Crippen molar-refractivity contribution in [1.29, 1.82) is 0 Å². The molecule has 0 atom stereocenters. The molecule has 0 amide bonds. The molecule has 2 aromatic carbocycles. The highest BCUT2D eigenvalue weighted by Gasteiger charge is 2.12. The summed E-state index contributed by atoms with van der Waals surface area (Å²) in [6, 6.07) is 12.3. The van der Waals surface area contributed by atoms with Crippen LogP contribution in [0, 0.1) is 11.6 Å². The first-order valence-electron chi connectivity index (χ1n) is 8.15. The Balaban J connectivity index is 1.76. The Morgan fingerprint density at radius 2 is 1.69 bits per heavy atom. The highest BCUT2D eigenvalue weighted by molar-refractivity contribution is 5.83. The van der Waals surface area contributed by atoms with Crippen LogP contribution in [0.4, 0.5) is 8.78 Å². The second kappa shape index (κ2) is 7.97. The van der Waals surface area contributed by atoms with Crippen molar-refractivity contribution in [1.82, 2.24) is 4.98 Å². The molecule has 3 nitrogen and oxygen atoms in total. The lowest BCUT2D eigenvalue weighted by molar-refractivity contribution is -0.117. The Kier molecular flexibility index (Phi) is 5.49. The molecular formula is C21H17F2NO2. The van der Waals surface area contributed by atoms with Crippen molar-refractivity contribution in [3.8, 4) is 11.1 Å². The summed E-state index contributed by atoms with van der Waals surface area (Å²) in [5.74, 6) is -1.57. The fourth-order valence-corrected chi connectivity index (χ4v) is 2.87. The van der Waals surface area contributed by atoms with Gasteiger partial charge in [-0.2, -0.15) is 0 Å². The van der Waals surface area contributed by atoms with Gasteiger partial charge in [-0.1, -0.05) is 24.3 Å². The van der Waals surface area contributed by atoms with Gasteiger partial charge in [-0.15, -0.1) is 0 Å². The summed E-state index contributed by atoms with van der Waals surface area (Å²) >= 11 is 0. The fourth-order valence-electron chi connectivity index (χ4n) is 2.87. The summed E-state index contributed by atoms with van der Waals surface area (Å²) in [7, 11) is 0. The van der Waals surface area contributed by atoms with Crippen LogP contribution >= 0.6 is 0 Å². The van der Waals surface area contributed by atoms with Gasteiger partial charge in [0.25, 0.3) is 0 Å². The van der Waals surface area contributed by atoms with E-state index >= 15 is 0 Å². The van der Waals surface area contributed by atoms with Crippen molar-refractivity contribution in [3.63, 3.8) is 0 Å². The molecule has 1 aromatic heterocycles. The van der Waals surface area contributed by atoms with Crippen molar-refractivity contribution in [2.24, 2.45) is 0 Å². The van der Waals surface area contributed by atoms with Crippen LogP contribution in [-0.4, -0.2) is 15.9 Å². The Bertz CT molecular complexity index is 927. The highest BCUT2D eigenvalue weighted by atomic mass is 19.1. The molecule has 0 aliphatic heterocycles. The number of carbonyl (C=O) groups is 1. The summed E-state index contributed by atoms with van der Waals surface area (Å²) in [6.07, 6.45) is 3.35. The number of aromatic nitrogens is 1. The predicted molar refractivity (Wildman–Crippen MR) is 94.4 cm³/mol.